The minimum absolute atomic E-state index is 0.213. The lowest BCUT2D eigenvalue weighted by Crippen LogP contribution is -2.36. The average Bonchev–Trinajstić information content (AvgIpc) is 2.72. The third kappa shape index (κ3) is 4.23. The van der Waals surface area contributed by atoms with E-state index in [2.05, 4.69) is 15.2 Å². The van der Waals surface area contributed by atoms with Gasteiger partial charge in [0.25, 0.3) is 5.91 Å². The number of benzene rings is 1. The Balaban J connectivity index is 1.65. The van der Waals surface area contributed by atoms with Crippen LogP contribution in [-0.4, -0.2) is 51.4 Å². The second-order valence-electron chi connectivity index (χ2n) is 5.87. The quantitative estimate of drug-likeness (QED) is 0.851. The fraction of sp³-hybridized carbons (Fsp3) is 0.368. The number of rotatable bonds is 6. The third-order valence-electron chi connectivity index (χ3n) is 4.25. The maximum atomic E-state index is 12.5. The van der Waals surface area contributed by atoms with E-state index in [1.165, 1.54) is 0 Å². The van der Waals surface area contributed by atoms with Crippen LogP contribution in [0.25, 0.3) is 0 Å². The largest absolute Gasteiger partial charge is 0.493 e. The highest BCUT2D eigenvalue weighted by atomic mass is 16.5. The van der Waals surface area contributed by atoms with Gasteiger partial charge >= 0.3 is 0 Å². The number of hydrogen-bond donors (Lipinski definition) is 1. The molecule has 0 spiro atoms. The van der Waals surface area contributed by atoms with Crippen LogP contribution in [0, 0.1) is 0 Å². The summed E-state index contributed by atoms with van der Waals surface area (Å²) in [5, 5.41) is 2.89. The van der Waals surface area contributed by atoms with Crippen LogP contribution in [-0.2, 0) is 11.3 Å². The Labute approximate surface area is 152 Å². The minimum Gasteiger partial charge on any atom is -0.493 e. The first-order valence-electron chi connectivity index (χ1n) is 8.49. The summed E-state index contributed by atoms with van der Waals surface area (Å²) in [6.45, 7) is 3.41. The maximum Gasteiger partial charge on any atom is 0.270 e. The van der Waals surface area contributed by atoms with E-state index in [1.54, 1.807) is 20.4 Å². The number of ether oxygens (including phenoxy) is 3. The minimum atomic E-state index is -0.213. The molecule has 0 radical (unpaired) electrons. The highest BCUT2D eigenvalue weighted by Crippen LogP contribution is 2.27. The molecule has 7 nitrogen and oxygen atoms in total. The lowest BCUT2D eigenvalue weighted by molar-refractivity contribution is 0.0946. The van der Waals surface area contributed by atoms with E-state index >= 15 is 0 Å². The lowest BCUT2D eigenvalue weighted by Gasteiger charge is -2.28. The predicted octanol–water partition coefficient (Wildman–Crippen LogP) is 1.87. The summed E-state index contributed by atoms with van der Waals surface area (Å²) < 4.78 is 15.9. The van der Waals surface area contributed by atoms with Gasteiger partial charge in [0.05, 0.1) is 27.4 Å². The number of anilines is 1. The van der Waals surface area contributed by atoms with E-state index in [1.807, 2.05) is 30.3 Å². The standard InChI is InChI=1S/C19H23N3O4/c1-24-17-4-3-14(11-18(17)25-2)13-21-19(23)16-12-15(5-6-20-16)22-7-9-26-10-8-22/h3-6,11-12H,7-10,13H2,1-2H3,(H,21,23). The van der Waals surface area contributed by atoms with E-state index in [-0.39, 0.29) is 5.91 Å². The number of carbonyl (C=O) groups is 1. The molecule has 2 aromatic rings. The van der Waals surface area contributed by atoms with Crippen LogP contribution in [0.4, 0.5) is 5.69 Å². The molecule has 1 aliphatic rings. The van der Waals surface area contributed by atoms with Crippen molar-refractivity contribution in [2.75, 3.05) is 45.4 Å². The summed E-state index contributed by atoms with van der Waals surface area (Å²) in [4.78, 5) is 18.8. The van der Waals surface area contributed by atoms with Crippen LogP contribution >= 0.6 is 0 Å². The first kappa shape index (κ1) is 18.0. The summed E-state index contributed by atoms with van der Waals surface area (Å²) >= 11 is 0. The van der Waals surface area contributed by atoms with E-state index in [0.29, 0.717) is 37.0 Å². The first-order valence-corrected chi connectivity index (χ1v) is 8.49. The van der Waals surface area contributed by atoms with Gasteiger partial charge in [-0.25, -0.2) is 0 Å². The monoisotopic (exact) mass is 357 g/mol. The van der Waals surface area contributed by atoms with Gasteiger partial charge in [-0.15, -0.1) is 0 Å². The molecule has 1 aromatic heterocycles. The molecule has 1 N–H and O–H groups in total. The molecule has 2 heterocycles. The van der Waals surface area contributed by atoms with Gasteiger partial charge in [-0.05, 0) is 29.8 Å². The highest BCUT2D eigenvalue weighted by molar-refractivity contribution is 5.93. The zero-order valence-corrected chi connectivity index (χ0v) is 15.0. The van der Waals surface area contributed by atoms with Gasteiger partial charge in [0.15, 0.2) is 11.5 Å². The Bertz CT molecular complexity index is 760. The fourth-order valence-corrected chi connectivity index (χ4v) is 2.83. The predicted molar refractivity (Wildman–Crippen MR) is 98.0 cm³/mol. The Morgan fingerprint density at radius 2 is 1.92 bits per heavy atom. The molecule has 0 atom stereocenters. The third-order valence-corrected chi connectivity index (χ3v) is 4.25. The van der Waals surface area contributed by atoms with Crippen LogP contribution in [0.3, 0.4) is 0 Å². The summed E-state index contributed by atoms with van der Waals surface area (Å²) in [6.07, 6.45) is 1.66. The molecule has 0 unspecified atom stereocenters. The molecule has 1 aromatic carbocycles. The normalized spacial score (nSPS) is 14.0. The van der Waals surface area contributed by atoms with Crippen molar-refractivity contribution in [3.05, 3.63) is 47.8 Å². The number of morpholine rings is 1. The number of hydrogen-bond acceptors (Lipinski definition) is 6. The molecule has 1 saturated heterocycles. The van der Waals surface area contributed by atoms with Gasteiger partial charge in [-0.2, -0.15) is 0 Å². The van der Waals surface area contributed by atoms with Gasteiger partial charge in [0, 0.05) is 31.5 Å². The highest BCUT2D eigenvalue weighted by Gasteiger charge is 2.14. The smallest absolute Gasteiger partial charge is 0.270 e. The van der Waals surface area contributed by atoms with E-state index in [0.717, 1.165) is 24.3 Å². The summed E-state index contributed by atoms with van der Waals surface area (Å²) in [7, 11) is 3.17. The van der Waals surface area contributed by atoms with Crippen molar-refractivity contribution in [2.45, 2.75) is 6.54 Å². The van der Waals surface area contributed by atoms with Crippen molar-refractivity contribution in [1.29, 1.82) is 0 Å². The van der Waals surface area contributed by atoms with Crippen molar-refractivity contribution in [3.63, 3.8) is 0 Å². The van der Waals surface area contributed by atoms with Crippen LogP contribution in [0.15, 0.2) is 36.5 Å². The molecule has 138 valence electrons. The Morgan fingerprint density at radius 1 is 1.15 bits per heavy atom. The van der Waals surface area contributed by atoms with Crippen molar-refractivity contribution in [1.82, 2.24) is 10.3 Å². The number of carbonyl (C=O) groups excluding carboxylic acids is 1. The average molecular weight is 357 g/mol. The Morgan fingerprint density at radius 3 is 2.65 bits per heavy atom. The number of methoxy groups -OCH3 is 2. The van der Waals surface area contributed by atoms with E-state index < -0.39 is 0 Å². The number of amides is 1. The van der Waals surface area contributed by atoms with Gasteiger partial charge in [-0.3, -0.25) is 9.78 Å². The molecule has 26 heavy (non-hydrogen) atoms. The Kier molecular flexibility index (Phi) is 5.91. The van der Waals surface area contributed by atoms with Gasteiger partial charge in [-0.1, -0.05) is 6.07 Å². The Hall–Kier alpha value is -2.80. The molecule has 1 fully saturated rings. The molecular formula is C19H23N3O4. The number of aromatic nitrogens is 1. The molecule has 0 bridgehead atoms. The second-order valence-corrected chi connectivity index (χ2v) is 5.87. The second kappa shape index (κ2) is 8.53. The van der Waals surface area contributed by atoms with Crippen LogP contribution in [0.1, 0.15) is 16.1 Å². The molecule has 1 amide bonds. The zero-order chi connectivity index (χ0) is 18.4. The lowest BCUT2D eigenvalue weighted by atomic mass is 10.2. The number of nitrogens with zero attached hydrogens (tertiary/aromatic N) is 2. The van der Waals surface area contributed by atoms with Crippen LogP contribution in [0.5, 0.6) is 11.5 Å². The number of nitrogens with one attached hydrogen (secondary N) is 1. The zero-order valence-electron chi connectivity index (χ0n) is 15.0. The molecule has 3 rings (SSSR count). The molecule has 7 heteroatoms. The van der Waals surface area contributed by atoms with Gasteiger partial charge in [0.1, 0.15) is 5.69 Å². The van der Waals surface area contributed by atoms with Crippen molar-refractivity contribution >= 4 is 11.6 Å². The summed E-state index contributed by atoms with van der Waals surface area (Å²) in [5.74, 6) is 1.07. The SMILES string of the molecule is COc1ccc(CNC(=O)c2cc(N3CCOCC3)ccn2)cc1OC. The molecule has 0 saturated carbocycles. The first-order chi connectivity index (χ1) is 12.7. The summed E-state index contributed by atoms with van der Waals surface area (Å²) in [6, 6.07) is 9.28. The van der Waals surface area contributed by atoms with Gasteiger partial charge in [0.2, 0.25) is 0 Å². The summed E-state index contributed by atoms with van der Waals surface area (Å²) in [5.41, 5.74) is 2.30. The van der Waals surface area contributed by atoms with Crippen molar-refractivity contribution in [2.24, 2.45) is 0 Å². The molecular weight excluding hydrogens is 334 g/mol. The van der Waals surface area contributed by atoms with Crippen molar-refractivity contribution < 1.29 is 19.0 Å². The van der Waals surface area contributed by atoms with E-state index in [9.17, 15) is 4.79 Å². The topological polar surface area (TPSA) is 72.9 Å². The van der Waals surface area contributed by atoms with Crippen LogP contribution < -0.4 is 19.7 Å². The van der Waals surface area contributed by atoms with Crippen LogP contribution in [0.2, 0.25) is 0 Å². The van der Waals surface area contributed by atoms with Gasteiger partial charge < -0.3 is 24.4 Å². The number of pyridine rings is 1. The maximum absolute atomic E-state index is 12.5. The van der Waals surface area contributed by atoms with Crippen molar-refractivity contribution in [3.8, 4) is 11.5 Å². The molecule has 1 aliphatic heterocycles. The van der Waals surface area contributed by atoms with E-state index in [4.69, 9.17) is 14.2 Å². The fourth-order valence-electron chi connectivity index (χ4n) is 2.83. The molecule has 0 aliphatic carbocycles.